The molecule has 0 saturated carbocycles. The van der Waals surface area contributed by atoms with Crippen molar-refractivity contribution in [1.29, 1.82) is 0 Å². The number of ether oxygens (including phenoxy) is 1. The van der Waals surface area contributed by atoms with E-state index in [-0.39, 0.29) is 24.7 Å². The van der Waals surface area contributed by atoms with Crippen LogP contribution in [0.4, 0.5) is 9.59 Å². The predicted octanol–water partition coefficient (Wildman–Crippen LogP) is 2.59. The lowest BCUT2D eigenvalue weighted by atomic mass is 9.98. The van der Waals surface area contributed by atoms with Gasteiger partial charge in [-0.1, -0.05) is 30.3 Å². The fourth-order valence-corrected chi connectivity index (χ4v) is 3.54. The fourth-order valence-electron chi connectivity index (χ4n) is 3.54. The van der Waals surface area contributed by atoms with Gasteiger partial charge in [-0.3, -0.25) is 0 Å². The highest BCUT2D eigenvalue weighted by Crippen LogP contribution is 2.35. The van der Waals surface area contributed by atoms with Gasteiger partial charge in [0, 0.05) is 18.1 Å². The third kappa shape index (κ3) is 3.16. The minimum Gasteiger partial charge on any atom is -0.465 e. The molecule has 2 heterocycles. The molecule has 0 aromatic heterocycles. The van der Waals surface area contributed by atoms with Gasteiger partial charge in [0.1, 0.15) is 6.61 Å². The van der Waals surface area contributed by atoms with Crippen molar-refractivity contribution in [2.24, 2.45) is 0 Å². The minimum absolute atomic E-state index is 0.00336. The molecule has 3 rings (SSSR count). The molecule has 2 fully saturated rings. The number of rotatable bonds is 3. The molecule has 2 amide bonds. The van der Waals surface area contributed by atoms with Crippen LogP contribution >= 0.6 is 0 Å². The SMILES string of the molecule is O=C(NC1CC2CCC(C1)N2C(=O)O)OCc1ccccc1. The molecule has 2 atom stereocenters. The van der Waals surface area contributed by atoms with Gasteiger partial charge in [-0.15, -0.1) is 0 Å². The number of hydrogen-bond acceptors (Lipinski definition) is 3. The van der Waals surface area contributed by atoms with Gasteiger partial charge in [-0.25, -0.2) is 9.59 Å². The first-order valence-electron chi connectivity index (χ1n) is 7.62. The van der Waals surface area contributed by atoms with E-state index in [9.17, 15) is 14.7 Å². The number of benzene rings is 1. The number of carbonyl (C=O) groups excluding carboxylic acids is 1. The fraction of sp³-hybridized carbons (Fsp3) is 0.500. The smallest absolute Gasteiger partial charge is 0.407 e. The van der Waals surface area contributed by atoms with E-state index in [0.29, 0.717) is 12.8 Å². The topological polar surface area (TPSA) is 78.9 Å². The highest BCUT2D eigenvalue weighted by molar-refractivity contribution is 5.68. The highest BCUT2D eigenvalue weighted by atomic mass is 16.5. The molecule has 0 spiro atoms. The average Bonchev–Trinajstić information content (AvgIpc) is 2.78. The molecule has 0 radical (unpaired) electrons. The molecule has 6 heteroatoms. The number of fused-ring (bicyclic) bond motifs is 2. The number of hydrogen-bond donors (Lipinski definition) is 2. The molecule has 2 unspecified atom stereocenters. The summed E-state index contributed by atoms with van der Waals surface area (Å²) in [6.07, 6.45) is 1.82. The van der Waals surface area contributed by atoms with Crippen LogP contribution in [-0.2, 0) is 11.3 Å². The largest absolute Gasteiger partial charge is 0.465 e. The van der Waals surface area contributed by atoms with E-state index < -0.39 is 12.2 Å². The second-order valence-corrected chi connectivity index (χ2v) is 5.95. The van der Waals surface area contributed by atoms with Crippen molar-refractivity contribution in [3.8, 4) is 0 Å². The molecular weight excluding hydrogens is 284 g/mol. The van der Waals surface area contributed by atoms with Crippen molar-refractivity contribution >= 4 is 12.2 Å². The Morgan fingerprint density at radius 3 is 2.41 bits per heavy atom. The molecule has 1 aromatic carbocycles. The quantitative estimate of drug-likeness (QED) is 0.899. The van der Waals surface area contributed by atoms with Gasteiger partial charge in [0.05, 0.1) is 0 Å². The van der Waals surface area contributed by atoms with Crippen molar-refractivity contribution < 1.29 is 19.4 Å². The monoisotopic (exact) mass is 304 g/mol. The van der Waals surface area contributed by atoms with Crippen LogP contribution in [0, 0.1) is 0 Å². The van der Waals surface area contributed by atoms with Gasteiger partial charge >= 0.3 is 12.2 Å². The first-order valence-corrected chi connectivity index (χ1v) is 7.62. The lowest BCUT2D eigenvalue weighted by Crippen LogP contribution is -2.52. The Kier molecular flexibility index (Phi) is 4.18. The number of amides is 2. The number of alkyl carbamates (subject to hydrolysis) is 1. The summed E-state index contributed by atoms with van der Waals surface area (Å²) in [5.41, 5.74) is 0.943. The molecular formula is C16H20N2O4. The summed E-state index contributed by atoms with van der Waals surface area (Å²) in [7, 11) is 0. The number of carboxylic acid groups (broad SMARTS) is 1. The van der Waals surface area contributed by atoms with Crippen LogP contribution in [0.25, 0.3) is 0 Å². The lowest BCUT2D eigenvalue weighted by molar-refractivity contribution is 0.0873. The maximum atomic E-state index is 11.9. The third-order valence-electron chi connectivity index (χ3n) is 4.49. The number of nitrogens with one attached hydrogen (secondary N) is 1. The lowest BCUT2D eigenvalue weighted by Gasteiger charge is -2.37. The number of piperidine rings is 1. The summed E-state index contributed by atoms with van der Waals surface area (Å²) in [4.78, 5) is 24.6. The Bertz CT molecular complexity index is 534. The van der Waals surface area contributed by atoms with E-state index >= 15 is 0 Å². The predicted molar refractivity (Wildman–Crippen MR) is 79.5 cm³/mol. The Morgan fingerprint density at radius 2 is 1.82 bits per heavy atom. The molecule has 0 aliphatic carbocycles. The zero-order valence-corrected chi connectivity index (χ0v) is 12.3. The zero-order chi connectivity index (χ0) is 15.5. The normalized spacial score (nSPS) is 26.5. The van der Waals surface area contributed by atoms with E-state index in [1.165, 1.54) is 0 Å². The molecule has 2 saturated heterocycles. The maximum Gasteiger partial charge on any atom is 0.407 e. The molecule has 2 aliphatic rings. The van der Waals surface area contributed by atoms with E-state index in [4.69, 9.17) is 4.74 Å². The first-order chi connectivity index (χ1) is 10.6. The number of carbonyl (C=O) groups is 2. The summed E-state index contributed by atoms with van der Waals surface area (Å²) >= 11 is 0. The van der Waals surface area contributed by atoms with Crippen LogP contribution in [0.2, 0.25) is 0 Å². The molecule has 2 N–H and O–H groups in total. The molecule has 1 aromatic rings. The van der Waals surface area contributed by atoms with Gasteiger partial charge in [-0.05, 0) is 31.2 Å². The van der Waals surface area contributed by atoms with Gasteiger partial charge in [0.15, 0.2) is 0 Å². The van der Waals surface area contributed by atoms with Crippen molar-refractivity contribution in [2.45, 2.75) is 50.4 Å². The standard InChI is InChI=1S/C16H20N2O4/c19-15(22-10-11-4-2-1-3-5-11)17-12-8-13-6-7-14(9-12)18(13)16(20)21/h1-5,12-14H,6-10H2,(H,17,19)(H,20,21). The second-order valence-electron chi connectivity index (χ2n) is 5.95. The van der Waals surface area contributed by atoms with Gasteiger partial charge in [0.25, 0.3) is 0 Å². The van der Waals surface area contributed by atoms with Crippen molar-refractivity contribution in [3.05, 3.63) is 35.9 Å². The van der Waals surface area contributed by atoms with E-state index in [0.717, 1.165) is 18.4 Å². The summed E-state index contributed by atoms with van der Waals surface area (Å²) in [6, 6.07) is 9.56. The van der Waals surface area contributed by atoms with Crippen LogP contribution < -0.4 is 5.32 Å². The summed E-state index contributed by atoms with van der Waals surface area (Å²) < 4.78 is 5.22. The summed E-state index contributed by atoms with van der Waals surface area (Å²) in [5.74, 6) is 0. The van der Waals surface area contributed by atoms with Crippen LogP contribution in [0.3, 0.4) is 0 Å². The van der Waals surface area contributed by atoms with Crippen LogP contribution in [-0.4, -0.2) is 40.3 Å². The maximum absolute atomic E-state index is 11.9. The van der Waals surface area contributed by atoms with Crippen molar-refractivity contribution in [3.63, 3.8) is 0 Å². The molecule has 2 bridgehead atoms. The Balaban J connectivity index is 1.48. The zero-order valence-electron chi connectivity index (χ0n) is 12.3. The summed E-state index contributed by atoms with van der Waals surface area (Å²) in [5, 5.41) is 12.1. The van der Waals surface area contributed by atoms with Crippen LogP contribution in [0.15, 0.2) is 30.3 Å². The molecule has 22 heavy (non-hydrogen) atoms. The third-order valence-corrected chi connectivity index (χ3v) is 4.49. The van der Waals surface area contributed by atoms with E-state index in [1.54, 1.807) is 4.90 Å². The minimum atomic E-state index is -0.849. The van der Waals surface area contributed by atoms with Gasteiger partial charge < -0.3 is 20.1 Å². The second kappa shape index (κ2) is 6.25. The summed E-state index contributed by atoms with van der Waals surface area (Å²) in [6.45, 7) is 0.244. The highest BCUT2D eigenvalue weighted by Gasteiger charge is 2.43. The number of nitrogens with zero attached hydrogens (tertiary/aromatic N) is 1. The Hall–Kier alpha value is -2.24. The Labute approximate surface area is 129 Å². The average molecular weight is 304 g/mol. The van der Waals surface area contributed by atoms with Gasteiger partial charge in [-0.2, -0.15) is 0 Å². The van der Waals surface area contributed by atoms with Crippen molar-refractivity contribution in [1.82, 2.24) is 10.2 Å². The molecule has 2 aliphatic heterocycles. The Morgan fingerprint density at radius 1 is 1.18 bits per heavy atom. The molecule has 118 valence electrons. The van der Waals surface area contributed by atoms with Crippen LogP contribution in [0.1, 0.15) is 31.2 Å². The first kappa shape index (κ1) is 14.7. The van der Waals surface area contributed by atoms with E-state index in [2.05, 4.69) is 5.32 Å². The van der Waals surface area contributed by atoms with Crippen molar-refractivity contribution in [2.75, 3.05) is 0 Å². The van der Waals surface area contributed by atoms with E-state index in [1.807, 2.05) is 30.3 Å². The van der Waals surface area contributed by atoms with Gasteiger partial charge in [0.2, 0.25) is 0 Å². The van der Waals surface area contributed by atoms with Crippen LogP contribution in [0.5, 0.6) is 0 Å². The molecule has 6 nitrogen and oxygen atoms in total.